The van der Waals surface area contributed by atoms with Crippen LogP contribution in [0.1, 0.15) is 30.3 Å². The van der Waals surface area contributed by atoms with Crippen LogP contribution >= 0.6 is 0 Å². The number of hydrogen-bond acceptors (Lipinski definition) is 5. The van der Waals surface area contributed by atoms with Gasteiger partial charge in [-0.15, -0.1) is 0 Å². The van der Waals surface area contributed by atoms with Crippen LogP contribution in [0, 0.1) is 0 Å². The van der Waals surface area contributed by atoms with Crippen molar-refractivity contribution in [3.63, 3.8) is 0 Å². The normalized spacial score (nSPS) is 12.7. The zero-order valence-electron chi connectivity index (χ0n) is 12.1. The first kappa shape index (κ1) is 15.7. The van der Waals surface area contributed by atoms with Crippen LogP contribution in [0.3, 0.4) is 0 Å². The number of ketones is 1. The molecule has 1 aromatic rings. The van der Waals surface area contributed by atoms with E-state index in [0.29, 0.717) is 24.4 Å². The highest BCUT2D eigenvalue weighted by Crippen LogP contribution is 2.20. The lowest BCUT2D eigenvalue weighted by Gasteiger charge is -2.14. The standard InChI is InChI=1S/C13H23N3O3/c1-5-6-10(17)13(18)12-11(19-4)9-14-16(12)8-7-15(2)3/h9-10,17H,5-8H2,1-4H3. The molecule has 0 aromatic carbocycles. The van der Waals surface area contributed by atoms with Crippen molar-refractivity contribution in [1.29, 1.82) is 0 Å². The first-order valence-electron chi connectivity index (χ1n) is 6.48. The molecule has 0 aliphatic heterocycles. The summed E-state index contributed by atoms with van der Waals surface area (Å²) in [6.45, 7) is 3.27. The van der Waals surface area contributed by atoms with Gasteiger partial charge in [-0.1, -0.05) is 13.3 Å². The highest BCUT2D eigenvalue weighted by Gasteiger charge is 2.25. The Morgan fingerprint density at radius 1 is 1.58 bits per heavy atom. The fourth-order valence-corrected chi connectivity index (χ4v) is 1.79. The van der Waals surface area contributed by atoms with Gasteiger partial charge in [0.05, 0.1) is 19.9 Å². The third-order valence-electron chi connectivity index (χ3n) is 2.88. The smallest absolute Gasteiger partial charge is 0.213 e. The molecule has 1 aromatic heterocycles. The number of aliphatic hydroxyl groups excluding tert-OH is 1. The number of rotatable bonds is 8. The second-order valence-electron chi connectivity index (χ2n) is 4.76. The quantitative estimate of drug-likeness (QED) is 0.707. The number of nitrogens with zero attached hydrogens (tertiary/aromatic N) is 3. The topological polar surface area (TPSA) is 67.6 Å². The summed E-state index contributed by atoms with van der Waals surface area (Å²) < 4.78 is 6.75. The zero-order valence-corrected chi connectivity index (χ0v) is 12.1. The van der Waals surface area contributed by atoms with Gasteiger partial charge >= 0.3 is 0 Å². The van der Waals surface area contributed by atoms with Crippen LogP contribution < -0.4 is 4.74 Å². The van der Waals surface area contributed by atoms with E-state index in [1.807, 2.05) is 25.9 Å². The van der Waals surface area contributed by atoms with Crippen molar-refractivity contribution in [3.05, 3.63) is 11.9 Å². The molecule has 0 saturated heterocycles. The van der Waals surface area contributed by atoms with Crippen molar-refractivity contribution in [2.75, 3.05) is 27.7 Å². The van der Waals surface area contributed by atoms with Crippen molar-refractivity contribution in [3.8, 4) is 5.75 Å². The molecule has 0 fully saturated rings. The minimum absolute atomic E-state index is 0.324. The maximum Gasteiger partial charge on any atom is 0.213 e. The Morgan fingerprint density at radius 3 is 2.79 bits per heavy atom. The van der Waals surface area contributed by atoms with E-state index in [1.54, 1.807) is 4.68 Å². The van der Waals surface area contributed by atoms with E-state index in [2.05, 4.69) is 5.10 Å². The maximum atomic E-state index is 12.2. The van der Waals surface area contributed by atoms with Gasteiger partial charge in [0.2, 0.25) is 5.78 Å². The van der Waals surface area contributed by atoms with Gasteiger partial charge in [0, 0.05) is 6.54 Å². The Bertz CT molecular complexity index is 415. The van der Waals surface area contributed by atoms with Crippen LogP contribution in [0.5, 0.6) is 5.75 Å². The van der Waals surface area contributed by atoms with E-state index in [9.17, 15) is 9.90 Å². The molecule has 0 bridgehead atoms. The number of aromatic nitrogens is 2. The first-order valence-corrected chi connectivity index (χ1v) is 6.48. The monoisotopic (exact) mass is 269 g/mol. The summed E-state index contributed by atoms with van der Waals surface area (Å²) in [6, 6.07) is 0. The van der Waals surface area contributed by atoms with Crippen molar-refractivity contribution < 1.29 is 14.6 Å². The van der Waals surface area contributed by atoms with Gasteiger partial charge in [-0.25, -0.2) is 0 Å². The minimum Gasteiger partial charge on any atom is -0.493 e. The molecule has 1 unspecified atom stereocenters. The molecule has 1 N–H and O–H groups in total. The predicted octanol–water partition coefficient (Wildman–Crippen LogP) is 0.797. The Hall–Kier alpha value is -1.40. The Labute approximate surface area is 114 Å². The van der Waals surface area contributed by atoms with Crippen LogP contribution in [-0.4, -0.2) is 59.4 Å². The molecule has 0 saturated carbocycles. The Morgan fingerprint density at radius 2 is 2.26 bits per heavy atom. The molecule has 6 nitrogen and oxygen atoms in total. The average Bonchev–Trinajstić information content (AvgIpc) is 2.78. The highest BCUT2D eigenvalue weighted by atomic mass is 16.5. The van der Waals surface area contributed by atoms with Crippen molar-refractivity contribution in [2.45, 2.75) is 32.4 Å². The lowest BCUT2D eigenvalue weighted by molar-refractivity contribution is 0.0713. The number of Topliss-reactive ketones (excluding diaryl/α,β-unsaturated/α-hetero) is 1. The maximum absolute atomic E-state index is 12.2. The number of ether oxygens (including phenoxy) is 1. The van der Waals surface area contributed by atoms with Gasteiger partial charge in [-0.2, -0.15) is 5.10 Å². The van der Waals surface area contributed by atoms with Crippen molar-refractivity contribution >= 4 is 5.78 Å². The SMILES string of the molecule is CCCC(O)C(=O)c1c(OC)cnn1CCN(C)C. The number of likely N-dealkylation sites (N-methyl/N-ethyl adjacent to an activating group) is 1. The number of aliphatic hydroxyl groups is 1. The average molecular weight is 269 g/mol. The Balaban J connectivity index is 2.95. The molecule has 1 rings (SSSR count). The van der Waals surface area contributed by atoms with Crippen LogP contribution in [0.2, 0.25) is 0 Å². The summed E-state index contributed by atoms with van der Waals surface area (Å²) in [5, 5.41) is 14.0. The molecule has 0 amide bonds. The fourth-order valence-electron chi connectivity index (χ4n) is 1.79. The van der Waals surface area contributed by atoms with Gasteiger partial charge in [0.1, 0.15) is 11.8 Å². The summed E-state index contributed by atoms with van der Waals surface area (Å²) in [5.74, 6) is 0.0915. The van der Waals surface area contributed by atoms with Gasteiger partial charge in [0.15, 0.2) is 5.75 Å². The largest absolute Gasteiger partial charge is 0.493 e. The molecule has 0 radical (unpaired) electrons. The third-order valence-corrected chi connectivity index (χ3v) is 2.88. The second kappa shape index (κ2) is 7.25. The molecule has 6 heteroatoms. The lowest BCUT2D eigenvalue weighted by Crippen LogP contribution is -2.26. The molecular formula is C13H23N3O3. The van der Waals surface area contributed by atoms with Gasteiger partial charge in [-0.3, -0.25) is 9.48 Å². The van der Waals surface area contributed by atoms with Gasteiger partial charge in [0.25, 0.3) is 0 Å². The fraction of sp³-hybridized carbons (Fsp3) is 0.692. The van der Waals surface area contributed by atoms with E-state index in [4.69, 9.17) is 4.74 Å². The van der Waals surface area contributed by atoms with E-state index in [0.717, 1.165) is 13.0 Å². The minimum atomic E-state index is -0.992. The van der Waals surface area contributed by atoms with Crippen molar-refractivity contribution in [1.82, 2.24) is 14.7 Å². The summed E-state index contributed by atoms with van der Waals surface area (Å²) in [6.07, 6.45) is 1.72. The molecule has 1 atom stereocenters. The molecule has 0 aliphatic rings. The van der Waals surface area contributed by atoms with Crippen LogP contribution in [-0.2, 0) is 6.54 Å². The highest BCUT2D eigenvalue weighted by molar-refractivity contribution is 6.00. The van der Waals surface area contributed by atoms with Crippen molar-refractivity contribution in [2.24, 2.45) is 0 Å². The molecule has 1 heterocycles. The lowest BCUT2D eigenvalue weighted by atomic mass is 10.1. The summed E-state index contributed by atoms with van der Waals surface area (Å²) in [4.78, 5) is 14.2. The van der Waals surface area contributed by atoms with E-state index >= 15 is 0 Å². The van der Waals surface area contributed by atoms with Gasteiger partial charge < -0.3 is 14.7 Å². The van der Waals surface area contributed by atoms with E-state index < -0.39 is 6.10 Å². The zero-order chi connectivity index (χ0) is 14.4. The van der Waals surface area contributed by atoms with Gasteiger partial charge in [-0.05, 0) is 20.5 Å². The second-order valence-corrected chi connectivity index (χ2v) is 4.76. The third kappa shape index (κ3) is 4.04. The van der Waals surface area contributed by atoms with Crippen LogP contribution in [0.15, 0.2) is 6.20 Å². The predicted molar refractivity (Wildman–Crippen MR) is 72.6 cm³/mol. The molecule has 108 valence electrons. The first-order chi connectivity index (χ1) is 9.01. The van der Waals surface area contributed by atoms with Crippen LogP contribution in [0.25, 0.3) is 0 Å². The molecule has 19 heavy (non-hydrogen) atoms. The molecule has 0 spiro atoms. The number of hydrogen-bond donors (Lipinski definition) is 1. The molecular weight excluding hydrogens is 246 g/mol. The molecule has 0 aliphatic carbocycles. The van der Waals surface area contributed by atoms with Crippen LogP contribution in [0.4, 0.5) is 0 Å². The summed E-state index contributed by atoms with van der Waals surface area (Å²) >= 11 is 0. The number of methoxy groups -OCH3 is 1. The Kier molecular flexibility index (Phi) is 5.98. The summed E-state index contributed by atoms with van der Waals surface area (Å²) in [5.41, 5.74) is 0.352. The summed E-state index contributed by atoms with van der Waals surface area (Å²) in [7, 11) is 5.40. The van der Waals surface area contributed by atoms with E-state index in [1.165, 1.54) is 13.3 Å². The number of carbonyl (C=O) groups is 1. The number of carbonyl (C=O) groups excluding carboxylic acids is 1. The van der Waals surface area contributed by atoms with E-state index in [-0.39, 0.29) is 5.78 Å².